The van der Waals surface area contributed by atoms with Crippen LogP contribution in [-0.2, 0) is 6.42 Å². The number of benzene rings is 2. The van der Waals surface area contributed by atoms with Crippen LogP contribution < -0.4 is 11.1 Å². The third kappa shape index (κ3) is 2.97. The fourth-order valence-corrected chi connectivity index (χ4v) is 2.93. The Morgan fingerprint density at radius 1 is 1.04 bits per heavy atom. The summed E-state index contributed by atoms with van der Waals surface area (Å²) in [5.41, 5.74) is 8.57. The zero-order valence-corrected chi connectivity index (χ0v) is 13.8. The van der Waals surface area contributed by atoms with Crippen LogP contribution in [0.2, 0.25) is 0 Å². The standard InChI is InChI=1S/C20H16F2N4/c21-17-6-7-18(23)19(22)16(17)8-12-10-24-20-15(12)9-14(11-25-20)26-13-4-2-1-3-5-13/h1-7,9-11,26H,8,23H2,(H,24,25). The first-order valence-electron chi connectivity index (χ1n) is 8.12. The van der Waals surface area contributed by atoms with Crippen LogP contribution in [0, 0.1) is 11.6 Å². The van der Waals surface area contributed by atoms with E-state index in [4.69, 9.17) is 5.73 Å². The number of nitrogens with two attached hydrogens (primary N) is 1. The minimum absolute atomic E-state index is 0.0488. The molecule has 4 nitrogen and oxygen atoms in total. The van der Waals surface area contributed by atoms with E-state index in [1.165, 1.54) is 12.1 Å². The second kappa shape index (κ2) is 6.48. The van der Waals surface area contributed by atoms with Gasteiger partial charge < -0.3 is 16.0 Å². The second-order valence-corrected chi connectivity index (χ2v) is 6.03. The van der Waals surface area contributed by atoms with Crippen molar-refractivity contribution in [2.75, 3.05) is 11.1 Å². The first kappa shape index (κ1) is 16.1. The molecule has 2 heterocycles. The van der Waals surface area contributed by atoms with E-state index in [1.54, 1.807) is 12.4 Å². The average Bonchev–Trinajstić information content (AvgIpc) is 3.05. The lowest BCUT2D eigenvalue weighted by Crippen LogP contribution is -2.01. The molecule has 4 aromatic rings. The summed E-state index contributed by atoms with van der Waals surface area (Å²) in [5, 5.41) is 4.06. The van der Waals surface area contributed by atoms with Gasteiger partial charge in [-0.25, -0.2) is 13.8 Å². The number of halogens is 2. The number of aromatic nitrogens is 2. The number of para-hydroxylation sites is 1. The maximum Gasteiger partial charge on any atom is 0.152 e. The van der Waals surface area contributed by atoms with Crippen LogP contribution >= 0.6 is 0 Å². The molecule has 0 atom stereocenters. The molecule has 2 aromatic heterocycles. The van der Waals surface area contributed by atoms with Crippen molar-refractivity contribution in [3.8, 4) is 0 Å². The van der Waals surface area contributed by atoms with Gasteiger partial charge in [-0.3, -0.25) is 0 Å². The third-order valence-corrected chi connectivity index (χ3v) is 4.26. The van der Waals surface area contributed by atoms with Crippen LogP contribution in [0.15, 0.2) is 60.9 Å². The highest BCUT2D eigenvalue weighted by Crippen LogP contribution is 2.27. The van der Waals surface area contributed by atoms with Gasteiger partial charge in [0.05, 0.1) is 17.6 Å². The summed E-state index contributed by atoms with van der Waals surface area (Å²) in [5.74, 6) is -1.33. The molecule has 0 aliphatic rings. The smallest absolute Gasteiger partial charge is 0.152 e. The zero-order valence-electron chi connectivity index (χ0n) is 13.8. The summed E-state index contributed by atoms with van der Waals surface area (Å²) >= 11 is 0. The van der Waals surface area contributed by atoms with E-state index in [1.807, 2.05) is 36.4 Å². The molecule has 4 N–H and O–H groups in total. The van der Waals surface area contributed by atoms with Crippen molar-refractivity contribution >= 4 is 28.1 Å². The Hall–Kier alpha value is -3.41. The number of anilines is 3. The number of rotatable bonds is 4. The first-order chi connectivity index (χ1) is 12.6. The normalized spacial score (nSPS) is 11.0. The Balaban J connectivity index is 1.70. The van der Waals surface area contributed by atoms with Crippen LogP contribution in [0.1, 0.15) is 11.1 Å². The number of H-pyrrole nitrogens is 1. The van der Waals surface area contributed by atoms with Gasteiger partial charge in [-0.1, -0.05) is 18.2 Å². The highest BCUT2D eigenvalue weighted by Gasteiger charge is 2.15. The van der Waals surface area contributed by atoms with E-state index in [2.05, 4.69) is 15.3 Å². The predicted octanol–water partition coefficient (Wildman–Crippen LogP) is 4.76. The van der Waals surface area contributed by atoms with Gasteiger partial charge in [-0.05, 0) is 35.9 Å². The molecular formula is C20H16F2N4. The van der Waals surface area contributed by atoms with Crippen LogP contribution in [0.4, 0.5) is 25.8 Å². The summed E-state index contributed by atoms with van der Waals surface area (Å²) < 4.78 is 28.3. The molecule has 0 radical (unpaired) electrons. The number of hydrogen-bond acceptors (Lipinski definition) is 3. The SMILES string of the molecule is Nc1ccc(F)c(Cc2c[nH]c3ncc(Nc4ccccc4)cc23)c1F. The Kier molecular flexibility index (Phi) is 4.01. The third-order valence-electron chi connectivity index (χ3n) is 4.26. The molecule has 2 aromatic carbocycles. The van der Waals surface area contributed by atoms with Gasteiger partial charge in [0, 0.05) is 29.3 Å². The minimum Gasteiger partial charge on any atom is -0.396 e. The maximum atomic E-state index is 14.2. The van der Waals surface area contributed by atoms with Gasteiger partial charge in [0.2, 0.25) is 0 Å². The number of nitrogen functional groups attached to an aromatic ring is 1. The fraction of sp³-hybridized carbons (Fsp3) is 0.0500. The summed E-state index contributed by atoms with van der Waals surface area (Å²) in [6, 6.07) is 14.0. The van der Waals surface area contributed by atoms with Crippen molar-refractivity contribution in [1.82, 2.24) is 9.97 Å². The van der Waals surface area contributed by atoms with E-state index in [-0.39, 0.29) is 17.7 Å². The number of nitrogens with one attached hydrogen (secondary N) is 2. The predicted molar refractivity (Wildman–Crippen MR) is 99.4 cm³/mol. The number of fused-ring (bicyclic) bond motifs is 1. The van der Waals surface area contributed by atoms with Crippen LogP contribution in [0.3, 0.4) is 0 Å². The van der Waals surface area contributed by atoms with E-state index in [0.717, 1.165) is 22.3 Å². The van der Waals surface area contributed by atoms with E-state index in [0.29, 0.717) is 5.65 Å². The molecule has 0 saturated heterocycles. The lowest BCUT2D eigenvalue weighted by molar-refractivity contribution is 0.564. The summed E-state index contributed by atoms with van der Waals surface area (Å²) in [7, 11) is 0. The van der Waals surface area contributed by atoms with Crippen LogP contribution in [0.25, 0.3) is 11.0 Å². The van der Waals surface area contributed by atoms with Crippen molar-refractivity contribution in [3.63, 3.8) is 0 Å². The van der Waals surface area contributed by atoms with Gasteiger partial charge in [-0.15, -0.1) is 0 Å². The molecule has 0 spiro atoms. The number of pyridine rings is 1. The maximum absolute atomic E-state index is 14.2. The molecular weight excluding hydrogens is 334 g/mol. The molecule has 26 heavy (non-hydrogen) atoms. The van der Waals surface area contributed by atoms with Crippen LogP contribution in [0.5, 0.6) is 0 Å². The molecule has 0 bridgehead atoms. The van der Waals surface area contributed by atoms with Gasteiger partial charge >= 0.3 is 0 Å². The Morgan fingerprint density at radius 3 is 2.65 bits per heavy atom. The fourth-order valence-electron chi connectivity index (χ4n) is 2.93. The van der Waals surface area contributed by atoms with Crippen molar-refractivity contribution in [2.45, 2.75) is 6.42 Å². The topological polar surface area (TPSA) is 66.7 Å². The first-order valence-corrected chi connectivity index (χ1v) is 8.12. The molecule has 130 valence electrons. The molecule has 0 fully saturated rings. The van der Waals surface area contributed by atoms with Crippen molar-refractivity contribution < 1.29 is 8.78 Å². The zero-order chi connectivity index (χ0) is 18.1. The van der Waals surface area contributed by atoms with E-state index >= 15 is 0 Å². The number of aromatic amines is 1. The Bertz CT molecular complexity index is 1070. The molecule has 0 saturated carbocycles. The van der Waals surface area contributed by atoms with Gasteiger partial charge in [0.1, 0.15) is 11.5 Å². The van der Waals surface area contributed by atoms with Gasteiger partial charge in [0.15, 0.2) is 5.82 Å². The molecule has 0 aliphatic carbocycles. The Labute approximate surface area is 148 Å². The van der Waals surface area contributed by atoms with Gasteiger partial charge in [-0.2, -0.15) is 0 Å². The van der Waals surface area contributed by atoms with Crippen molar-refractivity contribution in [2.24, 2.45) is 0 Å². The monoisotopic (exact) mass is 350 g/mol. The summed E-state index contributed by atoms with van der Waals surface area (Å²) in [6.45, 7) is 0. The van der Waals surface area contributed by atoms with E-state index < -0.39 is 11.6 Å². The molecule has 4 rings (SSSR count). The van der Waals surface area contributed by atoms with Gasteiger partial charge in [0.25, 0.3) is 0 Å². The average molecular weight is 350 g/mol. The lowest BCUT2D eigenvalue weighted by Gasteiger charge is -2.08. The second-order valence-electron chi connectivity index (χ2n) is 6.03. The highest BCUT2D eigenvalue weighted by atomic mass is 19.1. The van der Waals surface area contributed by atoms with Crippen molar-refractivity contribution in [3.05, 3.63) is 83.7 Å². The summed E-state index contributed by atoms with van der Waals surface area (Å²) in [4.78, 5) is 7.41. The quantitative estimate of drug-likeness (QED) is 0.465. The minimum atomic E-state index is -0.717. The molecule has 0 unspecified atom stereocenters. The summed E-state index contributed by atoms with van der Waals surface area (Å²) in [6.07, 6.45) is 3.50. The highest BCUT2D eigenvalue weighted by molar-refractivity contribution is 5.84. The van der Waals surface area contributed by atoms with Crippen LogP contribution in [-0.4, -0.2) is 9.97 Å². The number of nitrogens with zero attached hydrogens (tertiary/aromatic N) is 1. The molecule has 6 heteroatoms. The van der Waals surface area contributed by atoms with Crippen molar-refractivity contribution in [1.29, 1.82) is 0 Å². The number of hydrogen-bond donors (Lipinski definition) is 3. The van der Waals surface area contributed by atoms with E-state index in [9.17, 15) is 8.78 Å². The Morgan fingerprint density at radius 2 is 1.85 bits per heavy atom. The lowest BCUT2D eigenvalue weighted by atomic mass is 10.0. The molecule has 0 amide bonds. The molecule has 0 aliphatic heterocycles. The largest absolute Gasteiger partial charge is 0.396 e.